The third-order valence-electron chi connectivity index (χ3n) is 3.18. The number of carbonyl (C=O) groups is 2. The molecule has 0 atom stereocenters. The molecule has 1 aliphatic rings. The van der Waals surface area contributed by atoms with Crippen LogP contribution in [0.3, 0.4) is 0 Å². The van der Waals surface area contributed by atoms with Crippen LogP contribution in [0.4, 0.5) is 0 Å². The Morgan fingerprint density at radius 1 is 1.35 bits per heavy atom. The second kappa shape index (κ2) is 5.89. The van der Waals surface area contributed by atoms with Crippen LogP contribution in [0.5, 0.6) is 5.75 Å². The number of aliphatic carboxylic acids is 1. The smallest absolute Gasteiger partial charge is 0.311 e. The van der Waals surface area contributed by atoms with Gasteiger partial charge in [0.25, 0.3) is 5.91 Å². The zero-order chi connectivity index (χ0) is 14.8. The third kappa shape index (κ3) is 3.55. The quantitative estimate of drug-likeness (QED) is 0.844. The molecule has 1 amide bonds. The van der Waals surface area contributed by atoms with E-state index in [-0.39, 0.29) is 19.1 Å². The lowest BCUT2D eigenvalue weighted by atomic mass is 10.1. The lowest BCUT2D eigenvalue weighted by Crippen LogP contribution is -2.36. The van der Waals surface area contributed by atoms with E-state index in [1.165, 1.54) is 6.07 Å². The van der Waals surface area contributed by atoms with E-state index in [1.54, 1.807) is 12.1 Å². The van der Waals surface area contributed by atoms with Gasteiger partial charge in [-0.2, -0.15) is 0 Å². The Bertz CT molecular complexity index is 543. The maximum Gasteiger partial charge on any atom is 0.311 e. The summed E-state index contributed by atoms with van der Waals surface area (Å²) < 4.78 is 5.25. The van der Waals surface area contributed by atoms with Crippen LogP contribution >= 0.6 is 23.2 Å². The van der Waals surface area contributed by atoms with Gasteiger partial charge in [0, 0.05) is 11.6 Å². The number of benzene rings is 1. The number of hydrogen-bond acceptors (Lipinski definition) is 3. The highest BCUT2D eigenvalue weighted by Gasteiger charge is 2.50. The number of halogens is 2. The zero-order valence-electron chi connectivity index (χ0n) is 10.5. The molecular formula is C13H13Cl2NO4. The van der Waals surface area contributed by atoms with E-state index in [4.69, 9.17) is 33.0 Å². The van der Waals surface area contributed by atoms with E-state index >= 15 is 0 Å². The van der Waals surface area contributed by atoms with Gasteiger partial charge in [0.05, 0.1) is 10.4 Å². The molecule has 0 spiro atoms. The summed E-state index contributed by atoms with van der Waals surface area (Å²) in [4.78, 5) is 22.5. The molecule has 0 radical (unpaired) electrons. The monoisotopic (exact) mass is 317 g/mol. The normalized spacial score (nSPS) is 15.5. The summed E-state index contributed by atoms with van der Waals surface area (Å²) in [6.07, 6.45) is 1.18. The van der Waals surface area contributed by atoms with Crippen molar-refractivity contribution < 1.29 is 19.4 Å². The predicted molar refractivity (Wildman–Crippen MR) is 74.3 cm³/mol. The van der Waals surface area contributed by atoms with Crippen molar-refractivity contribution in [3.8, 4) is 5.75 Å². The molecule has 0 saturated heterocycles. The Hall–Kier alpha value is -1.46. The molecule has 108 valence electrons. The summed E-state index contributed by atoms with van der Waals surface area (Å²) in [6.45, 7) is -0.101. The molecule has 5 nitrogen and oxygen atoms in total. The first-order valence-electron chi connectivity index (χ1n) is 6.01. The van der Waals surface area contributed by atoms with E-state index in [1.807, 2.05) is 0 Å². The van der Waals surface area contributed by atoms with Crippen molar-refractivity contribution in [1.82, 2.24) is 5.32 Å². The number of ether oxygens (including phenoxy) is 1. The van der Waals surface area contributed by atoms with Gasteiger partial charge >= 0.3 is 5.97 Å². The molecule has 0 aromatic heterocycles. The van der Waals surface area contributed by atoms with Crippen molar-refractivity contribution in [3.63, 3.8) is 0 Å². The van der Waals surface area contributed by atoms with E-state index in [9.17, 15) is 9.59 Å². The molecule has 0 bridgehead atoms. The fourth-order valence-electron chi connectivity index (χ4n) is 1.67. The fourth-order valence-corrected chi connectivity index (χ4v) is 2.13. The van der Waals surface area contributed by atoms with E-state index in [0.29, 0.717) is 28.6 Å². The van der Waals surface area contributed by atoms with Crippen LogP contribution in [0.15, 0.2) is 18.2 Å². The standard InChI is InChI=1S/C13H13Cl2NO4/c14-8-1-2-10(9(15)5-8)20-6-11(17)16-7-13(3-4-13)12(18)19/h1-2,5H,3-4,6-7H2,(H,16,17)(H,18,19). The first kappa shape index (κ1) is 14.9. The molecule has 2 N–H and O–H groups in total. The highest BCUT2D eigenvalue weighted by molar-refractivity contribution is 6.35. The van der Waals surface area contributed by atoms with Crippen molar-refractivity contribution >= 4 is 35.1 Å². The van der Waals surface area contributed by atoms with Crippen LogP contribution in [0, 0.1) is 5.41 Å². The summed E-state index contributed by atoms with van der Waals surface area (Å²) >= 11 is 11.6. The summed E-state index contributed by atoms with van der Waals surface area (Å²) in [7, 11) is 0. The van der Waals surface area contributed by atoms with Gasteiger partial charge in [-0.15, -0.1) is 0 Å². The van der Waals surface area contributed by atoms with Crippen LogP contribution in [0.25, 0.3) is 0 Å². The SMILES string of the molecule is O=C(COc1ccc(Cl)cc1Cl)NCC1(C(=O)O)CC1. The van der Waals surface area contributed by atoms with Crippen LogP contribution < -0.4 is 10.1 Å². The molecule has 0 aliphatic heterocycles. The average Bonchev–Trinajstić information content (AvgIpc) is 3.16. The summed E-state index contributed by atoms with van der Waals surface area (Å²) in [6, 6.07) is 4.68. The Labute approximate surface area is 125 Å². The van der Waals surface area contributed by atoms with Crippen molar-refractivity contribution in [2.45, 2.75) is 12.8 Å². The molecule has 1 aromatic carbocycles. The van der Waals surface area contributed by atoms with Crippen LogP contribution in [0.1, 0.15) is 12.8 Å². The largest absolute Gasteiger partial charge is 0.482 e. The maximum atomic E-state index is 11.6. The number of carboxylic acid groups (broad SMARTS) is 1. The fraction of sp³-hybridized carbons (Fsp3) is 0.385. The van der Waals surface area contributed by atoms with Crippen molar-refractivity contribution in [2.75, 3.05) is 13.2 Å². The average molecular weight is 318 g/mol. The minimum absolute atomic E-state index is 0.124. The molecule has 1 saturated carbocycles. The highest BCUT2D eigenvalue weighted by atomic mass is 35.5. The van der Waals surface area contributed by atoms with Crippen molar-refractivity contribution in [3.05, 3.63) is 28.2 Å². The van der Waals surface area contributed by atoms with Crippen LogP contribution in [-0.4, -0.2) is 30.1 Å². The number of hydrogen-bond donors (Lipinski definition) is 2. The van der Waals surface area contributed by atoms with Gasteiger partial charge in [0.2, 0.25) is 0 Å². The van der Waals surface area contributed by atoms with E-state index in [0.717, 1.165) is 0 Å². The molecule has 0 heterocycles. The minimum Gasteiger partial charge on any atom is -0.482 e. The molecule has 20 heavy (non-hydrogen) atoms. The Balaban J connectivity index is 1.79. The Morgan fingerprint density at radius 2 is 2.05 bits per heavy atom. The van der Waals surface area contributed by atoms with E-state index in [2.05, 4.69) is 5.32 Å². The Kier molecular flexibility index (Phi) is 4.40. The van der Waals surface area contributed by atoms with E-state index < -0.39 is 11.4 Å². The molecule has 1 aromatic rings. The minimum atomic E-state index is -0.875. The lowest BCUT2D eigenvalue weighted by molar-refractivity contribution is -0.143. The third-order valence-corrected chi connectivity index (χ3v) is 3.71. The van der Waals surface area contributed by atoms with Crippen LogP contribution in [-0.2, 0) is 9.59 Å². The molecule has 1 aliphatic carbocycles. The topological polar surface area (TPSA) is 75.6 Å². The lowest BCUT2D eigenvalue weighted by Gasteiger charge is -2.12. The second-order valence-corrected chi connectivity index (χ2v) is 5.57. The molecule has 1 fully saturated rings. The summed E-state index contributed by atoms with van der Waals surface area (Å²) in [5, 5.41) is 12.3. The first-order valence-corrected chi connectivity index (χ1v) is 6.76. The Morgan fingerprint density at radius 3 is 2.60 bits per heavy atom. The number of amides is 1. The van der Waals surface area contributed by atoms with Crippen molar-refractivity contribution in [2.24, 2.45) is 5.41 Å². The zero-order valence-corrected chi connectivity index (χ0v) is 12.0. The maximum absolute atomic E-state index is 11.6. The summed E-state index contributed by atoms with van der Waals surface area (Å²) in [5.41, 5.74) is -0.784. The number of nitrogens with one attached hydrogen (secondary N) is 1. The second-order valence-electron chi connectivity index (χ2n) is 4.73. The van der Waals surface area contributed by atoms with Gasteiger partial charge in [-0.1, -0.05) is 23.2 Å². The first-order chi connectivity index (χ1) is 9.43. The number of carbonyl (C=O) groups excluding carboxylic acids is 1. The van der Waals surface area contributed by atoms with Gasteiger partial charge < -0.3 is 15.2 Å². The molecule has 2 rings (SSSR count). The van der Waals surface area contributed by atoms with Crippen LogP contribution in [0.2, 0.25) is 10.0 Å². The number of rotatable bonds is 6. The van der Waals surface area contributed by atoms with Gasteiger partial charge in [0.1, 0.15) is 5.75 Å². The van der Waals surface area contributed by atoms with Crippen molar-refractivity contribution in [1.29, 1.82) is 0 Å². The summed E-state index contributed by atoms with van der Waals surface area (Å²) in [5.74, 6) is -0.909. The van der Waals surface area contributed by atoms with Gasteiger partial charge in [0.15, 0.2) is 6.61 Å². The van der Waals surface area contributed by atoms with Gasteiger partial charge in [-0.05, 0) is 31.0 Å². The highest BCUT2D eigenvalue weighted by Crippen LogP contribution is 2.45. The number of carboxylic acids is 1. The molecule has 7 heteroatoms. The molecule has 0 unspecified atom stereocenters. The predicted octanol–water partition coefficient (Wildman–Crippen LogP) is 2.35. The molecular weight excluding hydrogens is 305 g/mol. The van der Waals surface area contributed by atoms with Gasteiger partial charge in [-0.25, -0.2) is 0 Å². The van der Waals surface area contributed by atoms with Gasteiger partial charge in [-0.3, -0.25) is 9.59 Å².